The average molecular weight is 336 g/mol. The van der Waals surface area contributed by atoms with E-state index < -0.39 is 24.4 Å². The number of benzene rings is 1. The molecular weight excluding hydrogens is 326 g/mol. The van der Waals surface area contributed by atoms with Gasteiger partial charge in [-0.3, -0.25) is 4.79 Å². The van der Waals surface area contributed by atoms with E-state index in [-0.39, 0.29) is 16.4 Å². The van der Waals surface area contributed by atoms with Gasteiger partial charge in [0, 0.05) is 0 Å². The first kappa shape index (κ1) is 16.3. The Kier molecular flexibility index (Phi) is 4.41. The van der Waals surface area contributed by atoms with E-state index in [1.165, 1.54) is 31.2 Å². The molecule has 4 nitrogen and oxygen atoms in total. The number of halogens is 5. The predicted molar refractivity (Wildman–Crippen MR) is 71.7 cm³/mol. The zero-order valence-corrected chi connectivity index (χ0v) is 12.0. The standard InChI is InChI=1S/C13H10ClF4N3O/c1-7-10(12(22)19-6-13(16,17)18)11(14)21(20-7)9-4-2-8(15)3-5-9/h2-5H,6H2,1H3,(H,19,22). The first-order chi connectivity index (χ1) is 10.2. The number of amides is 1. The molecule has 2 rings (SSSR count). The lowest BCUT2D eigenvalue weighted by atomic mass is 10.2. The van der Waals surface area contributed by atoms with Crippen LogP contribution in [0.4, 0.5) is 17.6 Å². The number of carbonyl (C=O) groups is 1. The molecule has 0 aliphatic rings. The molecule has 1 aromatic carbocycles. The third-order valence-corrected chi connectivity index (χ3v) is 3.10. The lowest BCUT2D eigenvalue weighted by Gasteiger charge is -2.08. The van der Waals surface area contributed by atoms with Crippen molar-refractivity contribution in [2.45, 2.75) is 13.1 Å². The number of hydrogen-bond acceptors (Lipinski definition) is 2. The molecule has 118 valence electrons. The molecule has 22 heavy (non-hydrogen) atoms. The van der Waals surface area contributed by atoms with Gasteiger partial charge in [-0.1, -0.05) is 11.6 Å². The molecule has 0 radical (unpaired) electrons. The number of carbonyl (C=O) groups excluding carboxylic acids is 1. The minimum atomic E-state index is -4.52. The Balaban J connectivity index is 2.31. The second-order valence-corrected chi connectivity index (χ2v) is 4.80. The van der Waals surface area contributed by atoms with Gasteiger partial charge in [-0.2, -0.15) is 18.3 Å². The number of alkyl halides is 3. The number of nitrogens with zero attached hydrogens (tertiary/aromatic N) is 2. The van der Waals surface area contributed by atoms with Crippen LogP contribution in [0.15, 0.2) is 24.3 Å². The Morgan fingerprint density at radius 1 is 1.32 bits per heavy atom. The van der Waals surface area contributed by atoms with Crippen LogP contribution in [0.25, 0.3) is 5.69 Å². The van der Waals surface area contributed by atoms with E-state index in [1.54, 1.807) is 5.32 Å². The topological polar surface area (TPSA) is 46.9 Å². The lowest BCUT2D eigenvalue weighted by molar-refractivity contribution is -0.123. The Labute approximate surface area is 127 Å². The molecule has 9 heteroatoms. The molecule has 2 aromatic rings. The van der Waals surface area contributed by atoms with E-state index >= 15 is 0 Å². The first-order valence-electron chi connectivity index (χ1n) is 6.05. The number of nitrogens with one attached hydrogen (secondary N) is 1. The summed E-state index contributed by atoms with van der Waals surface area (Å²) in [6.45, 7) is -0.0300. The average Bonchev–Trinajstić information content (AvgIpc) is 2.72. The normalized spacial score (nSPS) is 11.5. The minimum absolute atomic E-state index is 0.149. The molecule has 0 aliphatic carbocycles. The van der Waals surface area contributed by atoms with E-state index in [1.807, 2.05) is 0 Å². The van der Waals surface area contributed by atoms with Crippen molar-refractivity contribution < 1.29 is 22.4 Å². The highest BCUT2D eigenvalue weighted by Gasteiger charge is 2.29. The molecular formula is C13H10ClF4N3O. The van der Waals surface area contributed by atoms with Crippen LogP contribution in [0.2, 0.25) is 5.15 Å². The SMILES string of the molecule is Cc1nn(-c2ccc(F)cc2)c(Cl)c1C(=O)NCC(F)(F)F. The van der Waals surface area contributed by atoms with Crippen molar-refractivity contribution in [3.05, 3.63) is 46.5 Å². The van der Waals surface area contributed by atoms with E-state index in [2.05, 4.69) is 5.10 Å². The molecule has 0 spiro atoms. The van der Waals surface area contributed by atoms with Crippen LogP contribution >= 0.6 is 11.6 Å². The second-order valence-electron chi connectivity index (χ2n) is 4.44. The first-order valence-corrected chi connectivity index (χ1v) is 6.43. The summed E-state index contributed by atoms with van der Waals surface area (Å²) in [5.41, 5.74) is 0.383. The Morgan fingerprint density at radius 2 is 1.91 bits per heavy atom. The Hall–Kier alpha value is -2.09. The number of rotatable bonds is 3. The molecule has 0 bridgehead atoms. The predicted octanol–water partition coefficient (Wildman–Crippen LogP) is 3.27. The van der Waals surface area contributed by atoms with Crippen LogP contribution in [-0.2, 0) is 0 Å². The van der Waals surface area contributed by atoms with Gasteiger partial charge in [0.15, 0.2) is 0 Å². The largest absolute Gasteiger partial charge is 0.405 e. The van der Waals surface area contributed by atoms with Crippen molar-refractivity contribution in [1.29, 1.82) is 0 Å². The third-order valence-electron chi connectivity index (χ3n) is 2.75. The summed E-state index contributed by atoms with van der Waals surface area (Å²) < 4.78 is 50.5. The van der Waals surface area contributed by atoms with E-state index in [9.17, 15) is 22.4 Å². The van der Waals surface area contributed by atoms with Gasteiger partial charge < -0.3 is 5.32 Å². The van der Waals surface area contributed by atoms with E-state index in [0.717, 1.165) is 4.68 Å². The van der Waals surface area contributed by atoms with Gasteiger partial charge in [0.05, 0.1) is 16.9 Å². The summed E-state index contributed by atoms with van der Waals surface area (Å²) in [6, 6.07) is 5.11. The van der Waals surface area contributed by atoms with Crippen LogP contribution in [-0.4, -0.2) is 28.4 Å². The van der Waals surface area contributed by atoms with Gasteiger partial charge >= 0.3 is 6.18 Å². The summed E-state index contributed by atoms with van der Waals surface area (Å²) >= 11 is 6.01. The van der Waals surface area contributed by atoms with Crippen LogP contribution in [0.3, 0.4) is 0 Å². The fourth-order valence-electron chi connectivity index (χ4n) is 1.78. The molecule has 0 saturated heterocycles. The summed E-state index contributed by atoms with van der Waals surface area (Å²) in [5, 5.41) is 5.58. The molecule has 1 N–H and O–H groups in total. The van der Waals surface area contributed by atoms with Crippen LogP contribution in [0.1, 0.15) is 16.1 Å². The number of aryl methyl sites for hydroxylation is 1. The monoisotopic (exact) mass is 335 g/mol. The zero-order chi connectivity index (χ0) is 16.5. The van der Waals surface area contributed by atoms with Crippen LogP contribution in [0.5, 0.6) is 0 Å². The van der Waals surface area contributed by atoms with E-state index in [0.29, 0.717) is 5.69 Å². The summed E-state index contributed by atoms with van der Waals surface area (Å²) in [7, 11) is 0. The van der Waals surface area contributed by atoms with Crippen molar-refractivity contribution in [2.24, 2.45) is 0 Å². The molecule has 1 aromatic heterocycles. The number of hydrogen-bond donors (Lipinski definition) is 1. The molecule has 0 atom stereocenters. The zero-order valence-electron chi connectivity index (χ0n) is 11.2. The van der Waals surface area contributed by atoms with Crippen LogP contribution < -0.4 is 5.32 Å². The van der Waals surface area contributed by atoms with Gasteiger partial charge in [0.2, 0.25) is 0 Å². The van der Waals surface area contributed by atoms with Crippen molar-refractivity contribution >= 4 is 17.5 Å². The molecule has 0 saturated carbocycles. The number of aromatic nitrogens is 2. The summed E-state index contributed by atoms with van der Waals surface area (Å²) in [4.78, 5) is 11.8. The minimum Gasteiger partial charge on any atom is -0.343 e. The van der Waals surface area contributed by atoms with Gasteiger partial charge in [0.25, 0.3) is 5.91 Å². The Morgan fingerprint density at radius 3 is 2.45 bits per heavy atom. The smallest absolute Gasteiger partial charge is 0.343 e. The van der Waals surface area contributed by atoms with Crippen molar-refractivity contribution in [2.75, 3.05) is 6.54 Å². The maximum absolute atomic E-state index is 12.9. The van der Waals surface area contributed by atoms with Crippen LogP contribution in [0, 0.1) is 12.7 Å². The highest BCUT2D eigenvalue weighted by Crippen LogP contribution is 2.24. The van der Waals surface area contributed by atoms with Gasteiger partial charge in [-0.15, -0.1) is 0 Å². The maximum atomic E-state index is 12.9. The Bertz CT molecular complexity index is 695. The highest BCUT2D eigenvalue weighted by molar-refractivity contribution is 6.33. The van der Waals surface area contributed by atoms with E-state index in [4.69, 9.17) is 11.6 Å². The molecule has 0 aliphatic heterocycles. The molecule has 1 amide bonds. The van der Waals surface area contributed by atoms with Crippen molar-refractivity contribution in [3.63, 3.8) is 0 Å². The molecule has 1 heterocycles. The maximum Gasteiger partial charge on any atom is 0.405 e. The lowest BCUT2D eigenvalue weighted by Crippen LogP contribution is -2.34. The van der Waals surface area contributed by atoms with Gasteiger partial charge in [-0.25, -0.2) is 9.07 Å². The fourth-order valence-corrected chi connectivity index (χ4v) is 2.14. The highest BCUT2D eigenvalue weighted by atomic mass is 35.5. The fraction of sp³-hybridized carbons (Fsp3) is 0.231. The molecule has 0 unspecified atom stereocenters. The van der Waals surface area contributed by atoms with Gasteiger partial charge in [-0.05, 0) is 31.2 Å². The third kappa shape index (κ3) is 3.56. The van der Waals surface area contributed by atoms with Gasteiger partial charge in [0.1, 0.15) is 17.5 Å². The summed E-state index contributed by atoms with van der Waals surface area (Å²) in [5.74, 6) is -1.44. The van der Waals surface area contributed by atoms with Crippen molar-refractivity contribution in [3.8, 4) is 5.69 Å². The summed E-state index contributed by atoms with van der Waals surface area (Å²) in [6.07, 6.45) is -4.52. The van der Waals surface area contributed by atoms with Crippen molar-refractivity contribution in [1.82, 2.24) is 15.1 Å². The second kappa shape index (κ2) is 5.96. The quantitative estimate of drug-likeness (QED) is 0.875. The molecule has 0 fully saturated rings.